The predicted molar refractivity (Wildman–Crippen MR) is 48.9 cm³/mol. The lowest BCUT2D eigenvalue weighted by Crippen LogP contribution is -2.57. The smallest absolute Gasteiger partial charge is 0.239 e. The zero-order valence-corrected chi connectivity index (χ0v) is 8.37. The number of piperazine rings is 1. The van der Waals surface area contributed by atoms with Gasteiger partial charge in [-0.25, -0.2) is 0 Å². The second-order valence-electron chi connectivity index (χ2n) is 3.62. The van der Waals surface area contributed by atoms with Crippen LogP contribution in [0.5, 0.6) is 0 Å². The van der Waals surface area contributed by atoms with Crippen LogP contribution in [0.4, 0.5) is 0 Å². The minimum atomic E-state index is 0.0497. The van der Waals surface area contributed by atoms with Gasteiger partial charge in [0.05, 0.1) is 6.04 Å². The molecule has 2 atom stereocenters. The average molecular weight is 170 g/mol. The van der Waals surface area contributed by atoms with Gasteiger partial charge in [-0.3, -0.25) is 9.69 Å². The molecule has 0 aromatic heterocycles. The summed E-state index contributed by atoms with van der Waals surface area (Å²) in [4.78, 5) is 15.5. The fraction of sp³-hybridized carbons (Fsp3) is 0.889. The Morgan fingerprint density at radius 1 is 1.50 bits per heavy atom. The van der Waals surface area contributed by atoms with Crippen LogP contribution in [-0.4, -0.2) is 48.4 Å². The number of carbonyl (C=O) groups is 1. The Bertz CT molecular complexity index is 181. The van der Waals surface area contributed by atoms with Crippen LogP contribution in [0.2, 0.25) is 0 Å². The first kappa shape index (κ1) is 9.52. The Kier molecular flexibility index (Phi) is 2.73. The molecule has 0 N–H and O–H groups in total. The SMILES string of the molecule is CCC1CN(C)C(=O)C(C)N1C. The molecule has 0 aliphatic carbocycles. The zero-order chi connectivity index (χ0) is 9.30. The molecule has 0 bridgehead atoms. The molecule has 1 heterocycles. The van der Waals surface area contributed by atoms with Crippen LogP contribution in [0.3, 0.4) is 0 Å². The monoisotopic (exact) mass is 170 g/mol. The molecule has 1 fully saturated rings. The van der Waals surface area contributed by atoms with E-state index in [-0.39, 0.29) is 11.9 Å². The van der Waals surface area contributed by atoms with Crippen LogP contribution >= 0.6 is 0 Å². The Morgan fingerprint density at radius 3 is 2.58 bits per heavy atom. The topological polar surface area (TPSA) is 23.6 Å². The van der Waals surface area contributed by atoms with E-state index in [4.69, 9.17) is 0 Å². The summed E-state index contributed by atoms with van der Waals surface area (Å²) in [6.07, 6.45) is 1.11. The van der Waals surface area contributed by atoms with Gasteiger partial charge in [0.25, 0.3) is 0 Å². The summed E-state index contributed by atoms with van der Waals surface area (Å²) in [6, 6.07) is 0.580. The molecule has 70 valence electrons. The van der Waals surface area contributed by atoms with E-state index in [9.17, 15) is 4.79 Å². The first-order valence-corrected chi connectivity index (χ1v) is 4.54. The molecule has 0 aromatic rings. The summed E-state index contributed by atoms with van der Waals surface area (Å²) in [5.41, 5.74) is 0. The molecule has 3 nitrogen and oxygen atoms in total. The Labute approximate surface area is 74.3 Å². The highest BCUT2D eigenvalue weighted by atomic mass is 16.2. The largest absolute Gasteiger partial charge is 0.343 e. The van der Waals surface area contributed by atoms with Crippen molar-refractivity contribution in [3.63, 3.8) is 0 Å². The second kappa shape index (κ2) is 3.44. The highest BCUT2D eigenvalue weighted by Gasteiger charge is 2.32. The molecule has 0 radical (unpaired) electrons. The number of hydrogen-bond donors (Lipinski definition) is 0. The van der Waals surface area contributed by atoms with E-state index in [0.29, 0.717) is 6.04 Å². The molecular formula is C9H18N2O. The molecule has 3 heteroatoms. The molecule has 0 aromatic carbocycles. The van der Waals surface area contributed by atoms with E-state index in [1.54, 1.807) is 0 Å². The van der Waals surface area contributed by atoms with Gasteiger partial charge in [-0.05, 0) is 20.4 Å². The van der Waals surface area contributed by atoms with E-state index < -0.39 is 0 Å². The van der Waals surface area contributed by atoms with Gasteiger partial charge in [0.2, 0.25) is 5.91 Å². The minimum absolute atomic E-state index is 0.0497. The summed E-state index contributed by atoms with van der Waals surface area (Å²) in [7, 11) is 3.91. The molecule has 1 rings (SSSR count). The van der Waals surface area contributed by atoms with E-state index in [1.807, 2.05) is 25.9 Å². The van der Waals surface area contributed by atoms with Crippen LogP contribution < -0.4 is 0 Å². The molecule has 1 saturated heterocycles. The lowest BCUT2D eigenvalue weighted by atomic mass is 10.1. The number of hydrogen-bond acceptors (Lipinski definition) is 2. The van der Waals surface area contributed by atoms with Gasteiger partial charge in [0, 0.05) is 19.6 Å². The predicted octanol–water partition coefficient (Wildman–Crippen LogP) is 0.557. The number of nitrogens with zero attached hydrogens (tertiary/aromatic N) is 2. The van der Waals surface area contributed by atoms with Crippen molar-refractivity contribution < 1.29 is 4.79 Å². The standard InChI is InChI=1S/C9H18N2O/c1-5-8-6-10(3)9(12)7(2)11(8)4/h7-8H,5-6H2,1-4H3. The maximum Gasteiger partial charge on any atom is 0.239 e. The first-order chi connectivity index (χ1) is 5.57. The molecule has 0 spiro atoms. The summed E-state index contributed by atoms with van der Waals surface area (Å²) >= 11 is 0. The zero-order valence-electron chi connectivity index (χ0n) is 8.37. The highest BCUT2D eigenvalue weighted by molar-refractivity contribution is 5.82. The van der Waals surface area contributed by atoms with E-state index in [1.165, 1.54) is 0 Å². The van der Waals surface area contributed by atoms with Crippen LogP contribution in [0, 0.1) is 0 Å². The van der Waals surface area contributed by atoms with Crippen molar-refractivity contribution in [2.24, 2.45) is 0 Å². The van der Waals surface area contributed by atoms with Crippen molar-refractivity contribution in [3.05, 3.63) is 0 Å². The quantitative estimate of drug-likeness (QED) is 0.574. The highest BCUT2D eigenvalue weighted by Crippen LogP contribution is 2.15. The lowest BCUT2D eigenvalue weighted by molar-refractivity contribution is -0.141. The molecule has 1 aliphatic heterocycles. The number of amides is 1. The van der Waals surface area contributed by atoms with Crippen molar-refractivity contribution >= 4 is 5.91 Å². The van der Waals surface area contributed by atoms with Crippen LogP contribution in [0.1, 0.15) is 20.3 Å². The lowest BCUT2D eigenvalue weighted by Gasteiger charge is -2.41. The van der Waals surface area contributed by atoms with Crippen LogP contribution in [0.15, 0.2) is 0 Å². The van der Waals surface area contributed by atoms with Gasteiger partial charge < -0.3 is 4.90 Å². The van der Waals surface area contributed by atoms with E-state index in [0.717, 1.165) is 13.0 Å². The van der Waals surface area contributed by atoms with Crippen molar-refractivity contribution in [1.82, 2.24) is 9.80 Å². The molecular weight excluding hydrogens is 152 g/mol. The third-order valence-electron chi connectivity index (χ3n) is 2.88. The first-order valence-electron chi connectivity index (χ1n) is 4.54. The Morgan fingerprint density at radius 2 is 2.08 bits per heavy atom. The van der Waals surface area contributed by atoms with Crippen LogP contribution in [0.25, 0.3) is 0 Å². The molecule has 1 aliphatic rings. The fourth-order valence-corrected chi connectivity index (χ4v) is 1.76. The summed E-state index contributed by atoms with van der Waals surface area (Å²) < 4.78 is 0. The van der Waals surface area contributed by atoms with Gasteiger partial charge in [-0.2, -0.15) is 0 Å². The Balaban J connectivity index is 2.70. The molecule has 12 heavy (non-hydrogen) atoms. The number of likely N-dealkylation sites (N-methyl/N-ethyl adjacent to an activating group) is 2. The van der Waals surface area contributed by atoms with Gasteiger partial charge in [-0.15, -0.1) is 0 Å². The van der Waals surface area contributed by atoms with E-state index >= 15 is 0 Å². The van der Waals surface area contributed by atoms with Crippen molar-refractivity contribution in [3.8, 4) is 0 Å². The van der Waals surface area contributed by atoms with Crippen LogP contribution in [-0.2, 0) is 4.79 Å². The van der Waals surface area contributed by atoms with Gasteiger partial charge in [0.1, 0.15) is 0 Å². The van der Waals surface area contributed by atoms with Gasteiger partial charge in [-0.1, -0.05) is 6.92 Å². The second-order valence-corrected chi connectivity index (χ2v) is 3.62. The van der Waals surface area contributed by atoms with Crippen molar-refractivity contribution in [1.29, 1.82) is 0 Å². The summed E-state index contributed by atoms with van der Waals surface area (Å²) in [5.74, 6) is 0.238. The summed E-state index contributed by atoms with van der Waals surface area (Å²) in [5, 5.41) is 0. The average Bonchev–Trinajstić information content (AvgIpc) is 2.08. The molecule has 0 saturated carbocycles. The fourth-order valence-electron chi connectivity index (χ4n) is 1.76. The maximum atomic E-state index is 11.5. The van der Waals surface area contributed by atoms with Crippen molar-refractivity contribution in [2.75, 3.05) is 20.6 Å². The minimum Gasteiger partial charge on any atom is -0.343 e. The normalized spacial score (nSPS) is 32.7. The number of carbonyl (C=O) groups excluding carboxylic acids is 1. The summed E-state index contributed by atoms with van der Waals surface area (Å²) in [6.45, 7) is 5.01. The molecule has 1 amide bonds. The van der Waals surface area contributed by atoms with Gasteiger partial charge >= 0.3 is 0 Å². The Hall–Kier alpha value is -0.570. The third kappa shape index (κ3) is 1.46. The third-order valence-corrected chi connectivity index (χ3v) is 2.88. The van der Waals surface area contributed by atoms with Crippen molar-refractivity contribution in [2.45, 2.75) is 32.4 Å². The number of rotatable bonds is 1. The molecule has 2 unspecified atom stereocenters. The van der Waals surface area contributed by atoms with Gasteiger partial charge in [0.15, 0.2) is 0 Å². The maximum absolute atomic E-state index is 11.5. The van der Waals surface area contributed by atoms with E-state index in [2.05, 4.69) is 11.8 Å².